The second-order valence-electron chi connectivity index (χ2n) is 7.74. The van der Waals surface area contributed by atoms with Crippen LogP contribution in [0.3, 0.4) is 0 Å². The number of aromatic nitrogens is 1. The number of thiazole rings is 1. The van der Waals surface area contributed by atoms with Crippen molar-refractivity contribution in [1.29, 1.82) is 0 Å². The van der Waals surface area contributed by atoms with Gasteiger partial charge in [0.15, 0.2) is 5.13 Å². The number of aryl methyl sites for hydroxylation is 1. The molecule has 1 aliphatic heterocycles. The molecule has 0 saturated carbocycles. The molecule has 7 nitrogen and oxygen atoms in total. The number of nitrogens with zero attached hydrogens (tertiary/aromatic N) is 2. The zero-order valence-corrected chi connectivity index (χ0v) is 19.6. The number of ether oxygens (including phenoxy) is 1. The average Bonchev–Trinajstić information content (AvgIpc) is 3.25. The topological polar surface area (TPSA) is 88.6 Å². The van der Waals surface area contributed by atoms with Gasteiger partial charge in [-0.25, -0.2) is 13.4 Å². The highest BCUT2D eigenvalue weighted by atomic mass is 32.2. The van der Waals surface area contributed by atoms with Crippen LogP contribution >= 0.6 is 11.3 Å². The molecule has 3 aromatic rings. The molecular formula is C22H21F2N3O4S2. The normalized spacial score (nSPS) is 15.6. The highest BCUT2D eigenvalue weighted by Gasteiger charge is 2.32. The van der Waals surface area contributed by atoms with Crippen LogP contribution in [0.15, 0.2) is 42.5 Å². The van der Waals surface area contributed by atoms with E-state index in [0.717, 1.165) is 10.4 Å². The number of anilines is 2. The molecule has 2 aromatic carbocycles. The number of rotatable bonds is 6. The van der Waals surface area contributed by atoms with Gasteiger partial charge in [0.2, 0.25) is 10.0 Å². The van der Waals surface area contributed by atoms with Crippen LogP contribution in [0.25, 0.3) is 11.3 Å². The molecule has 11 heteroatoms. The fraction of sp³-hybridized carbons (Fsp3) is 0.273. The van der Waals surface area contributed by atoms with Gasteiger partial charge in [0.05, 0.1) is 17.6 Å². The molecule has 1 aromatic heterocycles. The minimum absolute atomic E-state index is 0.0514. The van der Waals surface area contributed by atoms with Crippen LogP contribution in [0.1, 0.15) is 27.7 Å². The fourth-order valence-electron chi connectivity index (χ4n) is 3.93. The minimum Gasteiger partial charge on any atom is -0.435 e. The molecule has 1 aliphatic rings. The maximum absolute atomic E-state index is 12.8. The van der Waals surface area contributed by atoms with Crippen LogP contribution in [0.5, 0.6) is 5.75 Å². The lowest BCUT2D eigenvalue weighted by Crippen LogP contribution is -2.34. The first kappa shape index (κ1) is 23.1. The first-order valence-corrected chi connectivity index (χ1v) is 12.7. The summed E-state index contributed by atoms with van der Waals surface area (Å²) in [5, 5.41) is 3.18. The van der Waals surface area contributed by atoms with Crippen LogP contribution < -0.4 is 14.4 Å². The predicted molar refractivity (Wildman–Crippen MR) is 124 cm³/mol. The van der Waals surface area contributed by atoms with E-state index in [-0.39, 0.29) is 17.7 Å². The SMILES string of the molecule is Cc1sc(NC(=O)c2ccc3c(c2)CC(C)N3S(C)(=O)=O)nc1-c1ccc(OC(F)F)cc1. The molecule has 0 fully saturated rings. The van der Waals surface area contributed by atoms with Crippen molar-refractivity contribution in [2.75, 3.05) is 15.9 Å². The summed E-state index contributed by atoms with van der Waals surface area (Å²) in [6, 6.07) is 10.9. The molecule has 4 rings (SSSR count). The van der Waals surface area contributed by atoms with Crippen LogP contribution in [-0.2, 0) is 16.4 Å². The van der Waals surface area contributed by atoms with Crippen LogP contribution in [0.2, 0.25) is 0 Å². The van der Waals surface area contributed by atoms with E-state index < -0.39 is 16.6 Å². The van der Waals surface area contributed by atoms with E-state index in [1.165, 1.54) is 34.0 Å². The zero-order valence-electron chi connectivity index (χ0n) is 18.0. The quantitative estimate of drug-likeness (QED) is 0.539. The van der Waals surface area contributed by atoms with Gasteiger partial charge in [-0.3, -0.25) is 14.4 Å². The van der Waals surface area contributed by atoms with E-state index in [0.29, 0.717) is 34.1 Å². The van der Waals surface area contributed by atoms with Gasteiger partial charge in [0.1, 0.15) is 5.75 Å². The van der Waals surface area contributed by atoms with E-state index >= 15 is 0 Å². The van der Waals surface area contributed by atoms with Crippen molar-refractivity contribution in [3.63, 3.8) is 0 Å². The molecule has 1 unspecified atom stereocenters. The van der Waals surface area contributed by atoms with Crippen molar-refractivity contribution >= 4 is 38.1 Å². The van der Waals surface area contributed by atoms with E-state index in [1.807, 2.05) is 13.8 Å². The summed E-state index contributed by atoms with van der Waals surface area (Å²) in [6.45, 7) is 0.783. The Hall–Kier alpha value is -3.05. The van der Waals surface area contributed by atoms with Crippen LogP contribution in [0, 0.1) is 6.92 Å². The highest BCUT2D eigenvalue weighted by Crippen LogP contribution is 2.35. The number of amides is 1. The number of sulfonamides is 1. The van der Waals surface area contributed by atoms with Crippen molar-refractivity contribution in [3.8, 4) is 17.0 Å². The highest BCUT2D eigenvalue weighted by molar-refractivity contribution is 7.92. The smallest absolute Gasteiger partial charge is 0.387 e. The van der Waals surface area contributed by atoms with Crippen LogP contribution in [-0.4, -0.2) is 38.2 Å². The molecule has 0 bridgehead atoms. The molecule has 1 N–H and O–H groups in total. The largest absolute Gasteiger partial charge is 0.435 e. The van der Waals surface area contributed by atoms with Gasteiger partial charge in [-0.2, -0.15) is 8.78 Å². The third-order valence-corrected chi connectivity index (χ3v) is 7.38. The third-order valence-electron chi connectivity index (χ3n) is 5.22. The van der Waals surface area contributed by atoms with Crippen molar-refractivity contribution in [1.82, 2.24) is 4.98 Å². The van der Waals surface area contributed by atoms with Gasteiger partial charge >= 0.3 is 6.61 Å². The molecule has 174 valence electrons. The number of halogens is 2. The lowest BCUT2D eigenvalue weighted by atomic mass is 10.1. The maximum Gasteiger partial charge on any atom is 0.387 e. The summed E-state index contributed by atoms with van der Waals surface area (Å²) < 4.78 is 54.6. The number of nitrogens with one attached hydrogen (secondary N) is 1. The number of hydrogen-bond acceptors (Lipinski definition) is 6. The number of carbonyl (C=O) groups is 1. The first-order valence-electron chi connectivity index (χ1n) is 9.99. The predicted octanol–water partition coefficient (Wildman–Crippen LogP) is 4.68. The standard InChI is InChI=1S/C22H21F2N3O4S2/c1-12-10-16-11-15(6-9-18(16)27(12)33(3,29)30)20(28)26-22-25-19(13(2)32-22)14-4-7-17(8-5-14)31-21(23)24/h4-9,11-12,21H,10H2,1-3H3,(H,25,26,28). The number of benzene rings is 2. The zero-order chi connectivity index (χ0) is 23.9. The lowest BCUT2D eigenvalue weighted by molar-refractivity contribution is -0.0498. The van der Waals surface area contributed by atoms with E-state index in [1.54, 1.807) is 30.3 Å². The molecule has 33 heavy (non-hydrogen) atoms. The van der Waals surface area contributed by atoms with Crippen LogP contribution in [0.4, 0.5) is 19.6 Å². The van der Waals surface area contributed by atoms with Crippen molar-refractivity contribution in [3.05, 3.63) is 58.5 Å². The summed E-state index contributed by atoms with van der Waals surface area (Å²) in [5.41, 5.74) is 3.12. The molecule has 0 aliphatic carbocycles. The Labute approximate surface area is 194 Å². The number of fused-ring (bicyclic) bond motifs is 1. The molecule has 2 heterocycles. The second-order valence-corrected chi connectivity index (χ2v) is 10.8. The van der Waals surface area contributed by atoms with Gasteiger partial charge in [0.25, 0.3) is 5.91 Å². The number of hydrogen-bond donors (Lipinski definition) is 1. The van der Waals surface area contributed by atoms with Crippen molar-refractivity contribution in [2.45, 2.75) is 32.9 Å². The van der Waals surface area contributed by atoms with Gasteiger partial charge < -0.3 is 4.74 Å². The Morgan fingerprint density at radius 3 is 2.58 bits per heavy atom. The minimum atomic E-state index is -3.40. The van der Waals surface area contributed by atoms with Gasteiger partial charge in [-0.1, -0.05) is 0 Å². The summed E-state index contributed by atoms with van der Waals surface area (Å²) in [7, 11) is -3.40. The van der Waals surface area contributed by atoms with E-state index in [4.69, 9.17) is 0 Å². The lowest BCUT2D eigenvalue weighted by Gasteiger charge is -2.21. The monoisotopic (exact) mass is 493 g/mol. The maximum atomic E-state index is 12.8. The summed E-state index contributed by atoms with van der Waals surface area (Å²) in [6.07, 6.45) is 1.69. The molecule has 0 radical (unpaired) electrons. The Morgan fingerprint density at radius 1 is 1.24 bits per heavy atom. The molecule has 0 spiro atoms. The second kappa shape index (κ2) is 8.71. The van der Waals surface area contributed by atoms with E-state index in [9.17, 15) is 22.0 Å². The third kappa shape index (κ3) is 4.83. The molecule has 0 saturated heterocycles. The van der Waals surface area contributed by atoms with Crippen molar-refractivity contribution in [2.24, 2.45) is 0 Å². The Balaban J connectivity index is 1.52. The summed E-state index contributed by atoms with van der Waals surface area (Å²) in [5.74, 6) is -0.306. The summed E-state index contributed by atoms with van der Waals surface area (Å²) >= 11 is 1.29. The molecule has 1 amide bonds. The average molecular weight is 494 g/mol. The molecular weight excluding hydrogens is 472 g/mol. The number of carbonyl (C=O) groups excluding carboxylic acids is 1. The Kier molecular flexibility index (Phi) is 6.10. The van der Waals surface area contributed by atoms with Crippen molar-refractivity contribution < 1.29 is 26.7 Å². The molecule has 1 atom stereocenters. The number of alkyl halides is 2. The Bertz CT molecular complexity index is 1310. The van der Waals surface area contributed by atoms with Gasteiger partial charge in [-0.15, -0.1) is 11.3 Å². The van der Waals surface area contributed by atoms with Gasteiger partial charge in [0, 0.05) is 22.0 Å². The van der Waals surface area contributed by atoms with Gasteiger partial charge in [-0.05, 0) is 68.3 Å². The van der Waals surface area contributed by atoms with E-state index in [2.05, 4.69) is 15.0 Å². The Morgan fingerprint density at radius 2 is 1.94 bits per heavy atom. The fourth-order valence-corrected chi connectivity index (χ4v) is 6.03. The summed E-state index contributed by atoms with van der Waals surface area (Å²) in [4.78, 5) is 18.1. The first-order chi connectivity index (χ1) is 15.5.